The summed E-state index contributed by atoms with van der Waals surface area (Å²) in [7, 11) is 0. The largest absolute Gasteiger partial charge is 0.491 e. The van der Waals surface area contributed by atoms with E-state index in [1.165, 1.54) is 10.5 Å². The molecule has 1 saturated heterocycles. The molecular weight excluding hydrogens is 724 g/mol. The molecule has 5 rings (SSSR count). The lowest BCUT2D eigenvalue weighted by molar-refractivity contribution is -0.123. The van der Waals surface area contributed by atoms with Gasteiger partial charge in [-0.2, -0.15) is 0 Å². The molecule has 4 aromatic carbocycles. The van der Waals surface area contributed by atoms with E-state index in [-0.39, 0.29) is 24.3 Å². The van der Waals surface area contributed by atoms with Crippen LogP contribution in [0.5, 0.6) is 11.5 Å². The summed E-state index contributed by atoms with van der Waals surface area (Å²) in [6, 6.07) is 26.0. The third-order valence-corrected chi connectivity index (χ3v) is 8.49. The molecule has 0 unspecified atom stereocenters. The molecule has 192 valence electrons. The van der Waals surface area contributed by atoms with E-state index < -0.39 is 0 Å². The highest BCUT2D eigenvalue weighted by atomic mass is 127. The third kappa shape index (κ3) is 6.18. The zero-order valence-electron chi connectivity index (χ0n) is 20.4. The molecule has 38 heavy (non-hydrogen) atoms. The Hall–Kier alpha value is -2.57. The molecule has 4 aromatic rings. The highest BCUT2D eigenvalue weighted by molar-refractivity contribution is 14.1. The first kappa shape index (κ1) is 27.0. The molecule has 0 N–H and O–H groups in total. The second-order valence-corrected chi connectivity index (χ2v) is 12.1. The maximum absolute atomic E-state index is 13.0. The van der Waals surface area contributed by atoms with E-state index in [0.29, 0.717) is 11.5 Å². The van der Waals surface area contributed by atoms with E-state index in [9.17, 15) is 9.59 Å². The van der Waals surface area contributed by atoms with Crippen molar-refractivity contribution in [2.24, 2.45) is 0 Å². The predicted octanol–water partition coefficient (Wildman–Crippen LogP) is 8.05. The number of nitrogens with zero attached hydrogens (tertiary/aromatic N) is 1. The Bertz CT molecular complexity index is 1540. The molecule has 1 aliphatic heterocycles. The summed E-state index contributed by atoms with van der Waals surface area (Å²) in [5, 5.41) is 1.79. The Morgan fingerprint density at radius 2 is 1.63 bits per heavy atom. The monoisotopic (exact) mass is 747 g/mol. The van der Waals surface area contributed by atoms with E-state index in [0.717, 1.165) is 52.3 Å². The number of aryl methyl sites for hydroxylation is 1. The van der Waals surface area contributed by atoms with Gasteiger partial charge in [-0.25, -0.2) is 0 Å². The Balaban J connectivity index is 1.24. The number of imide groups is 1. The molecule has 5 nitrogen and oxygen atoms in total. The van der Waals surface area contributed by atoms with Crippen LogP contribution in [0.2, 0.25) is 0 Å². The van der Waals surface area contributed by atoms with Gasteiger partial charge in [0.15, 0.2) is 0 Å². The SMILES string of the molecule is Cc1cccc(COc2c(I)cc(/C=C3\SC(=O)N(CCOc4cccc5ccccc45)C3=O)cc2I)c1. The van der Waals surface area contributed by atoms with Crippen LogP contribution in [0.1, 0.15) is 16.7 Å². The van der Waals surface area contributed by atoms with Crippen molar-refractivity contribution in [1.29, 1.82) is 0 Å². The molecule has 0 aliphatic carbocycles. The van der Waals surface area contributed by atoms with Gasteiger partial charge < -0.3 is 9.47 Å². The minimum Gasteiger partial charge on any atom is -0.491 e. The van der Waals surface area contributed by atoms with Crippen molar-refractivity contribution < 1.29 is 19.1 Å². The molecule has 0 saturated carbocycles. The Kier molecular flexibility index (Phi) is 8.59. The first-order valence-electron chi connectivity index (χ1n) is 11.9. The second-order valence-electron chi connectivity index (χ2n) is 8.75. The van der Waals surface area contributed by atoms with E-state index in [2.05, 4.69) is 64.2 Å². The summed E-state index contributed by atoms with van der Waals surface area (Å²) in [5.41, 5.74) is 3.15. The molecule has 1 heterocycles. The predicted molar refractivity (Wildman–Crippen MR) is 170 cm³/mol. The Morgan fingerprint density at radius 3 is 2.42 bits per heavy atom. The molecule has 1 aliphatic rings. The van der Waals surface area contributed by atoms with Gasteiger partial charge >= 0.3 is 0 Å². The van der Waals surface area contributed by atoms with Gasteiger partial charge in [0.05, 0.1) is 18.6 Å². The summed E-state index contributed by atoms with van der Waals surface area (Å²) in [6.07, 6.45) is 1.77. The van der Waals surface area contributed by atoms with Crippen LogP contribution in [0.3, 0.4) is 0 Å². The summed E-state index contributed by atoms with van der Waals surface area (Å²) in [6.45, 7) is 2.95. The average Bonchev–Trinajstić information content (AvgIpc) is 3.15. The van der Waals surface area contributed by atoms with Crippen molar-refractivity contribution in [2.75, 3.05) is 13.2 Å². The number of rotatable bonds is 8. The Morgan fingerprint density at radius 1 is 0.895 bits per heavy atom. The molecule has 0 spiro atoms. The van der Waals surface area contributed by atoms with Gasteiger partial charge in [-0.15, -0.1) is 0 Å². The standard InChI is InChI=1S/C30H23I2NO4S/c1-19-6-4-7-20(14-19)18-37-28-24(31)15-21(16-25(28)32)17-27-29(34)33(30(35)38-27)12-13-36-26-11-5-9-22-8-2-3-10-23(22)26/h2-11,14-17H,12-13,18H2,1H3/b27-17-. The van der Waals surface area contributed by atoms with Gasteiger partial charge in [0.25, 0.3) is 11.1 Å². The van der Waals surface area contributed by atoms with Crippen LogP contribution in [-0.4, -0.2) is 29.2 Å². The summed E-state index contributed by atoms with van der Waals surface area (Å²) in [4.78, 5) is 27.3. The molecule has 1 fully saturated rings. The van der Waals surface area contributed by atoms with Crippen molar-refractivity contribution in [3.8, 4) is 11.5 Å². The lowest BCUT2D eigenvalue weighted by atomic mass is 10.1. The van der Waals surface area contributed by atoms with Crippen LogP contribution in [0.15, 0.2) is 83.8 Å². The minimum atomic E-state index is -0.300. The highest BCUT2D eigenvalue weighted by Crippen LogP contribution is 2.35. The number of fused-ring (bicyclic) bond motifs is 1. The lowest BCUT2D eigenvalue weighted by Crippen LogP contribution is -2.32. The van der Waals surface area contributed by atoms with E-state index >= 15 is 0 Å². The summed E-state index contributed by atoms with van der Waals surface area (Å²) >= 11 is 5.45. The topological polar surface area (TPSA) is 55.8 Å². The third-order valence-electron chi connectivity index (χ3n) is 5.98. The summed E-state index contributed by atoms with van der Waals surface area (Å²) in [5.74, 6) is 1.24. The van der Waals surface area contributed by atoms with E-state index in [4.69, 9.17) is 9.47 Å². The average molecular weight is 747 g/mol. The lowest BCUT2D eigenvalue weighted by Gasteiger charge is -2.14. The van der Waals surface area contributed by atoms with E-state index in [1.54, 1.807) is 6.08 Å². The number of carbonyl (C=O) groups is 2. The van der Waals surface area contributed by atoms with Crippen molar-refractivity contribution >= 4 is 84.9 Å². The van der Waals surface area contributed by atoms with Crippen molar-refractivity contribution in [2.45, 2.75) is 13.5 Å². The second kappa shape index (κ2) is 12.1. The number of carbonyl (C=O) groups excluding carboxylic acids is 2. The molecular formula is C30H23I2NO4S. The van der Waals surface area contributed by atoms with Crippen molar-refractivity contribution in [3.63, 3.8) is 0 Å². The number of benzene rings is 4. The smallest absolute Gasteiger partial charge is 0.293 e. The number of amides is 2. The molecule has 0 aromatic heterocycles. The van der Waals surface area contributed by atoms with Gasteiger partial charge in [0.2, 0.25) is 0 Å². The molecule has 0 atom stereocenters. The van der Waals surface area contributed by atoms with Crippen LogP contribution < -0.4 is 9.47 Å². The molecule has 0 radical (unpaired) electrons. The number of hydrogen-bond donors (Lipinski definition) is 0. The quantitative estimate of drug-likeness (QED) is 0.135. The molecule has 2 amide bonds. The number of ether oxygens (including phenoxy) is 2. The highest BCUT2D eigenvalue weighted by Gasteiger charge is 2.35. The van der Waals surface area contributed by atoms with Gasteiger partial charge in [-0.1, -0.05) is 66.2 Å². The van der Waals surface area contributed by atoms with Crippen LogP contribution in [0.4, 0.5) is 4.79 Å². The first-order chi connectivity index (χ1) is 18.4. The van der Waals surface area contributed by atoms with Crippen LogP contribution >= 0.6 is 56.9 Å². The maximum Gasteiger partial charge on any atom is 0.293 e. The molecule has 8 heteroatoms. The van der Waals surface area contributed by atoms with Crippen molar-refractivity contribution in [1.82, 2.24) is 4.90 Å². The van der Waals surface area contributed by atoms with Gasteiger partial charge in [0.1, 0.15) is 24.7 Å². The van der Waals surface area contributed by atoms with Crippen LogP contribution in [0.25, 0.3) is 16.8 Å². The maximum atomic E-state index is 13.0. The fourth-order valence-corrected chi connectivity index (χ4v) is 7.16. The minimum absolute atomic E-state index is 0.187. The van der Waals surface area contributed by atoms with Crippen LogP contribution in [-0.2, 0) is 11.4 Å². The number of halogens is 2. The number of hydrogen-bond acceptors (Lipinski definition) is 5. The first-order valence-corrected chi connectivity index (χ1v) is 14.9. The number of thioether (sulfide) groups is 1. The van der Waals surface area contributed by atoms with Crippen molar-refractivity contribution in [3.05, 3.63) is 108 Å². The zero-order valence-corrected chi connectivity index (χ0v) is 25.6. The van der Waals surface area contributed by atoms with E-state index in [1.807, 2.05) is 66.7 Å². The van der Waals surface area contributed by atoms with Gasteiger partial charge in [-0.3, -0.25) is 14.5 Å². The summed E-state index contributed by atoms with van der Waals surface area (Å²) < 4.78 is 13.9. The zero-order chi connectivity index (χ0) is 26.6. The normalized spacial score (nSPS) is 14.5. The fourth-order valence-electron chi connectivity index (χ4n) is 4.17. The fraction of sp³-hybridized carbons (Fsp3) is 0.133. The van der Waals surface area contributed by atoms with Gasteiger partial charge in [0, 0.05) is 5.39 Å². The van der Waals surface area contributed by atoms with Gasteiger partial charge in [-0.05, 0) is 105 Å². The molecule has 0 bridgehead atoms. The van der Waals surface area contributed by atoms with Crippen LogP contribution in [0, 0.1) is 14.1 Å². The Labute approximate surface area is 252 Å².